The molecule has 0 bridgehead atoms. The second-order valence-corrected chi connectivity index (χ2v) is 3.15. The van der Waals surface area contributed by atoms with E-state index >= 15 is 0 Å². The first-order chi connectivity index (χ1) is 8.13. The molecule has 1 rings (SSSR count). The Morgan fingerprint density at radius 3 is 2.28 bits per heavy atom. The normalized spacial score (nSPS) is 12.3. The second kappa shape index (κ2) is 4.78. The third-order valence-electron chi connectivity index (χ3n) is 1.75. The molecule has 18 heavy (non-hydrogen) atoms. The van der Waals surface area contributed by atoms with Gasteiger partial charge in [-0.1, -0.05) is 0 Å². The van der Waals surface area contributed by atoms with Gasteiger partial charge in [0.15, 0.2) is 11.5 Å². The van der Waals surface area contributed by atoms with Crippen LogP contribution in [0.15, 0.2) is 17.4 Å². The number of nitrogens with one attached hydrogen (secondary N) is 1. The van der Waals surface area contributed by atoms with Crippen molar-refractivity contribution in [3.05, 3.63) is 22.7 Å². The molecule has 1 N–H and O–H groups in total. The number of pyridine rings is 1. The summed E-state index contributed by atoms with van der Waals surface area (Å²) in [5, 5.41) is 3.89. The van der Waals surface area contributed by atoms with Crippen LogP contribution in [0, 0.1) is 4.91 Å². The average molecular weight is 273 g/mol. The first kappa shape index (κ1) is 14.2. The van der Waals surface area contributed by atoms with Crippen LogP contribution in [0.3, 0.4) is 0 Å². The monoisotopic (exact) mass is 273 g/mol. The van der Waals surface area contributed by atoms with Crippen LogP contribution in [0.25, 0.3) is 0 Å². The van der Waals surface area contributed by atoms with E-state index in [0.29, 0.717) is 12.3 Å². The van der Waals surface area contributed by atoms with Crippen LogP contribution in [0.5, 0.6) is 0 Å². The van der Waals surface area contributed by atoms with Gasteiger partial charge < -0.3 is 5.32 Å². The van der Waals surface area contributed by atoms with Crippen LogP contribution >= 0.6 is 0 Å². The number of nitroso groups, excluding NO2 is 1. The van der Waals surface area contributed by atoms with E-state index in [4.69, 9.17) is 0 Å². The lowest BCUT2D eigenvalue weighted by molar-refractivity contribution is -0.137. The summed E-state index contributed by atoms with van der Waals surface area (Å²) >= 11 is 0. The molecule has 0 aromatic carbocycles. The van der Waals surface area contributed by atoms with Crippen molar-refractivity contribution in [3.8, 4) is 0 Å². The minimum absolute atomic E-state index is 0.313. The highest BCUT2D eigenvalue weighted by Gasteiger charge is 2.32. The lowest BCUT2D eigenvalue weighted by atomic mass is 10.2. The van der Waals surface area contributed by atoms with Gasteiger partial charge in [-0.3, -0.25) is 0 Å². The van der Waals surface area contributed by atoms with Gasteiger partial charge in [-0.05, 0) is 11.2 Å². The van der Waals surface area contributed by atoms with E-state index in [1.807, 2.05) is 0 Å². The van der Waals surface area contributed by atoms with Crippen molar-refractivity contribution in [2.75, 3.05) is 11.9 Å². The average Bonchev–Trinajstić information content (AvgIpc) is 2.23. The van der Waals surface area contributed by atoms with Crippen LogP contribution in [-0.4, -0.2) is 17.7 Å². The predicted molar refractivity (Wildman–Crippen MR) is 49.2 cm³/mol. The molecular formula is C8H5F6N3O. The van der Waals surface area contributed by atoms with Gasteiger partial charge in [0.2, 0.25) is 0 Å². The van der Waals surface area contributed by atoms with Crippen molar-refractivity contribution in [1.29, 1.82) is 0 Å². The van der Waals surface area contributed by atoms with Gasteiger partial charge in [0.1, 0.15) is 6.54 Å². The smallest absolute Gasteiger partial charge is 0.359 e. The third kappa shape index (κ3) is 3.86. The van der Waals surface area contributed by atoms with Gasteiger partial charge in [-0.15, -0.1) is 4.91 Å². The van der Waals surface area contributed by atoms with Gasteiger partial charge in [-0.2, -0.15) is 26.3 Å². The molecule has 0 aliphatic heterocycles. The summed E-state index contributed by atoms with van der Waals surface area (Å²) in [6.07, 6.45) is -9.03. The molecule has 0 aliphatic carbocycles. The summed E-state index contributed by atoms with van der Waals surface area (Å²) in [6.45, 7) is -1.53. The fourth-order valence-corrected chi connectivity index (χ4v) is 0.998. The molecule has 1 aromatic heterocycles. The highest BCUT2D eigenvalue weighted by molar-refractivity contribution is 5.61. The largest absolute Gasteiger partial charge is 0.417 e. The number of alkyl halides is 6. The molecule has 1 heterocycles. The molecule has 10 heteroatoms. The molecule has 0 saturated carbocycles. The Labute approximate surface area is 96.0 Å². The Morgan fingerprint density at radius 1 is 1.22 bits per heavy atom. The van der Waals surface area contributed by atoms with Gasteiger partial charge >= 0.3 is 12.4 Å². The van der Waals surface area contributed by atoms with E-state index in [1.54, 1.807) is 5.32 Å². The van der Waals surface area contributed by atoms with E-state index in [-0.39, 0.29) is 0 Å². The number of hydrogen-bond acceptors (Lipinski definition) is 4. The van der Waals surface area contributed by atoms with Crippen molar-refractivity contribution >= 4 is 11.5 Å². The second-order valence-electron chi connectivity index (χ2n) is 3.15. The Morgan fingerprint density at radius 2 is 1.83 bits per heavy atom. The van der Waals surface area contributed by atoms with Gasteiger partial charge in [-0.25, -0.2) is 4.98 Å². The molecule has 0 radical (unpaired) electrons. The van der Waals surface area contributed by atoms with E-state index in [2.05, 4.69) is 10.2 Å². The highest BCUT2D eigenvalue weighted by atomic mass is 19.4. The molecule has 0 saturated heterocycles. The molecule has 1 aromatic rings. The summed E-state index contributed by atoms with van der Waals surface area (Å²) < 4.78 is 72.3. The first-order valence-corrected chi connectivity index (χ1v) is 4.35. The lowest BCUT2D eigenvalue weighted by Gasteiger charge is -2.11. The zero-order chi connectivity index (χ0) is 14.0. The highest BCUT2D eigenvalue weighted by Crippen LogP contribution is 2.33. The predicted octanol–water partition coefficient (Wildman–Crippen LogP) is 3.47. The van der Waals surface area contributed by atoms with Crippen molar-refractivity contribution in [2.45, 2.75) is 12.4 Å². The molecule has 0 aliphatic rings. The number of anilines is 1. The van der Waals surface area contributed by atoms with Crippen molar-refractivity contribution in [2.24, 2.45) is 5.18 Å². The topological polar surface area (TPSA) is 54.4 Å². The van der Waals surface area contributed by atoms with Crippen LogP contribution in [0.4, 0.5) is 37.8 Å². The van der Waals surface area contributed by atoms with Crippen LogP contribution < -0.4 is 5.32 Å². The fourth-order valence-electron chi connectivity index (χ4n) is 0.998. The van der Waals surface area contributed by atoms with Crippen LogP contribution in [-0.2, 0) is 6.18 Å². The summed E-state index contributed by atoms with van der Waals surface area (Å²) in [5.41, 5.74) is -2.11. The number of nitrogens with zero attached hydrogens (tertiary/aromatic N) is 2. The number of aromatic nitrogens is 1. The molecule has 100 valence electrons. The van der Waals surface area contributed by atoms with Gasteiger partial charge in [0.05, 0.1) is 5.56 Å². The molecule has 0 amide bonds. The van der Waals surface area contributed by atoms with E-state index in [9.17, 15) is 31.2 Å². The standard InChI is InChI=1S/C8H5F6N3O/c9-7(10,11)3-16-6-5(17-18)1-4(2-15-6)8(12,13)14/h1-2H,3H2,(H,15,16). The molecular weight excluding hydrogens is 268 g/mol. The quantitative estimate of drug-likeness (QED) is 0.677. The molecule has 4 nitrogen and oxygen atoms in total. The zero-order valence-electron chi connectivity index (χ0n) is 8.43. The lowest BCUT2D eigenvalue weighted by Crippen LogP contribution is -2.22. The van der Waals surface area contributed by atoms with Crippen molar-refractivity contribution in [1.82, 2.24) is 4.98 Å². The number of hydrogen-bond donors (Lipinski definition) is 1. The van der Waals surface area contributed by atoms with E-state index < -0.39 is 36.0 Å². The van der Waals surface area contributed by atoms with E-state index in [1.165, 1.54) is 0 Å². The van der Waals surface area contributed by atoms with Gasteiger partial charge in [0.25, 0.3) is 0 Å². The first-order valence-electron chi connectivity index (χ1n) is 4.35. The summed E-state index contributed by atoms with van der Waals surface area (Å²) in [7, 11) is 0. The minimum atomic E-state index is -4.75. The number of halogens is 6. The Bertz CT molecular complexity index is 441. The fraction of sp³-hybridized carbons (Fsp3) is 0.375. The Hall–Kier alpha value is -1.87. The van der Waals surface area contributed by atoms with E-state index in [0.717, 1.165) is 0 Å². The summed E-state index contributed by atoms with van der Waals surface area (Å²) in [4.78, 5) is 13.3. The van der Waals surface area contributed by atoms with Crippen LogP contribution in [0.1, 0.15) is 5.56 Å². The zero-order valence-corrected chi connectivity index (χ0v) is 8.43. The summed E-state index contributed by atoms with van der Waals surface area (Å²) in [6, 6.07) is 0.318. The van der Waals surface area contributed by atoms with Crippen LogP contribution in [0.2, 0.25) is 0 Å². The Balaban J connectivity index is 2.98. The third-order valence-corrected chi connectivity index (χ3v) is 1.75. The van der Waals surface area contributed by atoms with Crippen molar-refractivity contribution in [3.63, 3.8) is 0 Å². The minimum Gasteiger partial charge on any atom is -0.359 e. The summed E-state index contributed by atoms with van der Waals surface area (Å²) in [5.74, 6) is -0.657. The molecule has 0 atom stereocenters. The molecule has 0 spiro atoms. The maximum absolute atomic E-state index is 12.2. The Kier molecular flexibility index (Phi) is 3.77. The molecule has 0 fully saturated rings. The maximum atomic E-state index is 12.2. The molecule has 0 unspecified atom stereocenters. The SMILES string of the molecule is O=Nc1cc(C(F)(F)F)cnc1NCC(F)(F)F. The van der Waals surface area contributed by atoms with Gasteiger partial charge in [0, 0.05) is 6.20 Å². The maximum Gasteiger partial charge on any atom is 0.417 e. The number of rotatable bonds is 3. The van der Waals surface area contributed by atoms with Crippen molar-refractivity contribution < 1.29 is 26.3 Å².